The molecule has 1 aliphatic carbocycles. The van der Waals surface area contributed by atoms with Crippen LogP contribution in [-0.4, -0.2) is 16.0 Å². The molecular weight excluding hydrogens is 150 g/mol. The Morgan fingerprint density at radius 2 is 2.50 bits per heavy atom. The molecule has 0 bridgehead atoms. The first kappa shape index (κ1) is 7.80. The van der Waals surface area contributed by atoms with Crippen molar-refractivity contribution in [3.63, 3.8) is 0 Å². The van der Waals surface area contributed by atoms with Crippen molar-refractivity contribution in [2.45, 2.75) is 31.7 Å². The van der Waals surface area contributed by atoms with Gasteiger partial charge >= 0.3 is 0 Å². The average Bonchev–Trinajstić information content (AvgIpc) is 2.66. The van der Waals surface area contributed by atoms with Gasteiger partial charge in [0, 0.05) is 24.9 Å². The van der Waals surface area contributed by atoms with Crippen LogP contribution in [0.1, 0.15) is 25.1 Å². The molecule has 1 saturated carbocycles. The largest absolute Gasteiger partial charge is 0.349 e. The summed E-state index contributed by atoms with van der Waals surface area (Å²) in [4.78, 5) is 7.22. The molecular formula is C9H15N3. The van der Waals surface area contributed by atoms with Crippen LogP contribution in [0.2, 0.25) is 0 Å². The fourth-order valence-electron chi connectivity index (χ4n) is 1.52. The minimum absolute atomic E-state index is 0.295. The Hall–Kier alpha value is -0.830. The number of aromatic amines is 1. The van der Waals surface area contributed by atoms with Gasteiger partial charge in [0.2, 0.25) is 0 Å². The molecule has 3 N–H and O–H groups in total. The van der Waals surface area contributed by atoms with Gasteiger partial charge in [-0.1, -0.05) is 12.8 Å². The number of hydrogen-bond acceptors (Lipinski definition) is 2. The van der Waals surface area contributed by atoms with E-state index in [9.17, 15) is 0 Å². The molecule has 3 nitrogen and oxygen atoms in total. The van der Waals surface area contributed by atoms with E-state index in [1.807, 2.05) is 6.20 Å². The smallest absolute Gasteiger partial charge is 0.107 e. The van der Waals surface area contributed by atoms with Crippen LogP contribution in [-0.2, 0) is 6.42 Å². The molecule has 1 unspecified atom stereocenters. The van der Waals surface area contributed by atoms with Gasteiger partial charge in [0.1, 0.15) is 5.82 Å². The van der Waals surface area contributed by atoms with E-state index in [2.05, 4.69) is 9.97 Å². The quantitative estimate of drug-likeness (QED) is 0.701. The normalized spacial score (nSPS) is 19.4. The van der Waals surface area contributed by atoms with Gasteiger partial charge < -0.3 is 10.7 Å². The van der Waals surface area contributed by atoms with Crippen LogP contribution < -0.4 is 5.73 Å². The van der Waals surface area contributed by atoms with E-state index < -0.39 is 0 Å². The maximum Gasteiger partial charge on any atom is 0.107 e. The van der Waals surface area contributed by atoms with Gasteiger partial charge in [-0.3, -0.25) is 0 Å². The topological polar surface area (TPSA) is 54.7 Å². The molecule has 12 heavy (non-hydrogen) atoms. The van der Waals surface area contributed by atoms with E-state index in [0.29, 0.717) is 6.04 Å². The van der Waals surface area contributed by atoms with Gasteiger partial charge in [-0.2, -0.15) is 0 Å². The lowest BCUT2D eigenvalue weighted by Gasteiger charge is -2.07. The summed E-state index contributed by atoms with van der Waals surface area (Å²) in [5.74, 6) is 1.93. The molecule has 1 heterocycles. The summed E-state index contributed by atoms with van der Waals surface area (Å²) < 4.78 is 0. The lowest BCUT2D eigenvalue weighted by molar-refractivity contribution is 0.556. The van der Waals surface area contributed by atoms with Gasteiger partial charge in [-0.05, 0) is 12.3 Å². The van der Waals surface area contributed by atoms with Crippen molar-refractivity contribution >= 4 is 0 Å². The van der Waals surface area contributed by atoms with E-state index in [1.54, 1.807) is 6.20 Å². The number of rotatable bonds is 4. The fourth-order valence-corrected chi connectivity index (χ4v) is 1.52. The van der Waals surface area contributed by atoms with Crippen LogP contribution in [0.15, 0.2) is 12.4 Å². The lowest BCUT2D eigenvalue weighted by atomic mass is 10.1. The summed E-state index contributed by atoms with van der Waals surface area (Å²) in [6.45, 7) is 0. The number of nitrogens with one attached hydrogen (secondary N) is 1. The van der Waals surface area contributed by atoms with E-state index >= 15 is 0 Å². The van der Waals surface area contributed by atoms with E-state index in [1.165, 1.54) is 19.3 Å². The number of nitrogens with zero attached hydrogens (tertiary/aromatic N) is 1. The molecule has 1 aromatic heterocycles. The number of imidazole rings is 1. The van der Waals surface area contributed by atoms with Crippen LogP contribution in [0.5, 0.6) is 0 Å². The van der Waals surface area contributed by atoms with Crippen LogP contribution in [0, 0.1) is 5.92 Å². The van der Waals surface area contributed by atoms with Crippen molar-refractivity contribution in [2.75, 3.05) is 0 Å². The molecule has 1 aliphatic rings. The Labute approximate surface area is 72.4 Å². The predicted octanol–water partition coefficient (Wildman–Crippen LogP) is 1.08. The summed E-state index contributed by atoms with van der Waals surface area (Å²) in [6, 6.07) is 0.295. The molecule has 0 spiro atoms. The summed E-state index contributed by atoms with van der Waals surface area (Å²) in [5.41, 5.74) is 5.95. The maximum absolute atomic E-state index is 5.95. The molecule has 2 rings (SSSR count). The number of H-pyrrole nitrogens is 1. The molecule has 1 fully saturated rings. The summed E-state index contributed by atoms with van der Waals surface area (Å²) in [7, 11) is 0. The van der Waals surface area contributed by atoms with E-state index in [4.69, 9.17) is 5.73 Å². The first-order valence-electron chi connectivity index (χ1n) is 4.58. The highest BCUT2D eigenvalue weighted by Gasteiger charge is 2.23. The molecule has 0 radical (unpaired) electrons. The third-order valence-corrected chi connectivity index (χ3v) is 2.34. The van der Waals surface area contributed by atoms with Gasteiger partial charge in [0.15, 0.2) is 0 Å². The second-order valence-corrected chi connectivity index (χ2v) is 3.68. The molecule has 0 amide bonds. The average molecular weight is 165 g/mol. The molecule has 1 aromatic rings. The van der Waals surface area contributed by atoms with Crippen LogP contribution in [0.3, 0.4) is 0 Å². The minimum Gasteiger partial charge on any atom is -0.349 e. The zero-order valence-corrected chi connectivity index (χ0v) is 7.16. The molecule has 0 saturated heterocycles. The predicted molar refractivity (Wildman–Crippen MR) is 47.6 cm³/mol. The van der Waals surface area contributed by atoms with Gasteiger partial charge in [0.05, 0.1) is 0 Å². The van der Waals surface area contributed by atoms with Crippen molar-refractivity contribution in [1.82, 2.24) is 9.97 Å². The van der Waals surface area contributed by atoms with Crippen molar-refractivity contribution < 1.29 is 0 Å². The van der Waals surface area contributed by atoms with Crippen LogP contribution >= 0.6 is 0 Å². The summed E-state index contributed by atoms with van der Waals surface area (Å²) >= 11 is 0. The molecule has 66 valence electrons. The van der Waals surface area contributed by atoms with Crippen LogP contribution in [0.4, 0.5) is 0 Å². The number of aromatic nitrogens is 2. The van der Waals surface area contributed by atoms with Crippen molar-refractivity contribution in [2.24, 2.45) is 11.7 Å². The van der Waals surface area contributed by atoms with E-state index in [-0.39, 0.29) is 0 Å². The molecule has 0 aliphatic heterocycles. The Morgan fingerprint density at radius 1 is 1.67 bits per heavy atom. The van der Waals surface area contributed by atoms with Crippen molar-refractivity contribution in [3.05, 3.63) is 18.2 Å². The zero-order chi connectivity index (χ0) is 8.39. The van der Waals surface area contributed by atoms with Gasteiger partial charge in [-0.25, -0.2) is 4.98 Å². The van der Waals surface area contributed by atoms with Gasteiger partial charge in [-0.15, -0.1) is 0 Å². The number of hydrogen-bond donors (Lipinski definition) is 2. The zero-order valence-electron chi connectivity index (χ0n) is 7.16. The summed E-state index contributed by atoms with van der Waals surface area (Å²) in [6.07, 6.45) is 8.44. The monoisotopic (exact) mass is 165 g/mol. The highest BCUT2D eigenvalue weighted by Crippen LogP contribution is 2.33. The second-order valence-electron chi connectivity index (χ2n) is 3.68. The SMILES string of the molecule is NC(Cc1ncc[nH]1)CC1CC1. The Bertz CT molecular complexity index is 226. The summed E-state index contributed by atoms with van der Waals surface area (Å²) in [5, 5.41) is 0. The first-order chi connectivity index (χ1) is 5.84. The fraction of sp³-hybridized carbons (Fsp3) is 0.667. The lowest BCUT2D eigenvalue weighted by Crippen LogP contribution is -2.23. The maximum atomic E-state index is 5.95. The third-order valence-electron chi connectivity index (χ3n) is 2.34. The number of nitrogens with two attached hydrogens (primary N) is 1. The molecule has 0 aromatic carbocycles. The molecule has 1 atom stereocenters. The van der Waals surface area contributed by atoms with Crippen molar-refractivity contribution in [1.29, 1.82) is 0 Å². The highest BCUT2D eigenvalue weighted by atomic mass is 14.9. The van der Waals surface area contributed by atoms with Crippen LogP contribution in [0.25, 0.3) is 0 Å². The Morgan fingerprint density at radius 3 is 3.08 bits per heavy atom. The molecule has 3 heteroatoms. The Kier molecular flexibility index (Phi) is 2.13. The highest BCUT2D eigenvalue weighted by molar-refractivity contribution is 4.91. The van der Waals surface area contributed by atoms with Crippen molar-refractivity contribution in [3.8, 4) is 0 Å². The van der Waals surface area contributed by atoms with Gasteiger partial charge in [0.25, 0.3) is 0 Å². The first-order valence-corrected chi connectivity index (χ1v) is 4.58. The third kappa shape index (κ3) is 2.08. The Balaban J connectivity index is 1.77. The minimum atomic E-state index is 0.295. The van der Waals surface area contributed by atoms with E-state index in [0.717, 1.165) is 18.2 Å². The second kappa shape index (κ2) is 3.27. The standard InChI is InChI=1S/C9H15N3/c10-8(5-7-1-2-7)6-9-11-3-4-12-9/h3-4,7-8H,1-2,5-6,10H2,(H,11,12).